The van der Waals surface area contributed by atoms with Gasteiger partial charge in [0.25, 0.3) is 15.9 Å². The maximum Gasteiger partial charge on any atom is 0.264 e. The molecule has 1 amide bonds. The van der Waals surface area contributed by atoms with E-state index in [-0.39, 0.29) is 23.1 Å². The molecule has 1 unspecified atom stereocenters. The third-order valence-electron chi connectivity index (χ3n) is 15.6. The van der Waals surface area contributed by atoms with Gasteiger partial charge in [-0.05, 0) is 148 Å². The lowest BCUT2D eigenvalue weighted by Gasteiger charge is -2.40. The molecule has 4 aromatic rings. The Morgan fingerprint density at radius 3 is 2.22 bits per heavy atom. The van der Waals surface area contributed by atoms with Crippen LogP contribution in [0.2, 0.25) is 5.02 Å². The maximum atomic E-state index is 13.7. The van der Waals surface area contributed by atoms with E-state index in [0.29, 0.717) is 17.2 Å². The summed E-state index contributed by atoms with van der Waals surface area (Å²) in [6.07, 6.45) is 7.93. The molecule has 4 saturated heterocycles. The molecule has 16 heteroatoms. The predicted molar refractivity (Wildman–Crippen MR) is 297 cm³/mol. The summed E-state index contributed by atoms with van der Waals surface area (Å²) in [4.78, 5) is 27.4. The highest BCUT2D eigenvalue weighted by Crippen LogP contribution is 2.37. The number of ether oxygens (including phenoxy) is 1. The number of halogens is 1. The molecule has 0 radical (unpaired) electrons. The molecule has 4 N–H and O–H groups in total. The van der Waals surface area contributed by atoms with Gasteiger partial charge in [-0.3, -0.25) is 9.69 Å². The largest absolute Gasteiger partial charge is 0.392 e. The van der Waals surface area contributed by atoms with Crippen LogP contribution in [0, 0.1) is 11.8 Å². The lowest BCUT2D eigenvalue weighted by molar-refractivity contribution is 0.0977. The van der Waals surface area contributed by atoms with Gasteiger partial charge in [-0.1, -0.05) is 47.5 Å². The number of amides is 1. The Hall–Kier alpha value is -4.00. The average Bonchev–Trinajstić information content (AvgIpc) is 3.70. The van der Waals surface area contributed by atoms with Gasteiger partial charge in [0.15, 0.2) is 0 Å². The van der Waals surface area contributed by atoms with Crippen molar-refractivity contribution in [1.82, 2.24) is 29.6 Å². The molecule has 394 valence electrons. The van der Waals surface area contributed by atoms with E-state index < -0.39 is 15.9 Å². The topological polar surface area (TPSA) is 133 Å². The molecule has 4 heterocycles. The summed E-state index contributed by atoms with van der Waals surface area (Å²) in [6, 6.07) is 30.6. The second-order valence-corrected chi connectivity index (χ2v) is 24.0. The molecule has 2 atom stereocenters. The fourth-order valence-electron chi connectivity index (χ4n) is 11.4. The highest BCUT2D eigenvalue weighted by Gasteiger charge is 2.29. The van der Waals surface area contributed by atoms with Crippen LogP contribution >= 0.6 is 23.4 Å². The van der Waals surface area contributed by atoms with Crippen LogP contribution in [0.4, 0.5) is 11.4 Å². The monoisotopic (exact) mass is 1050 g/mol. The summed E-state index contributed by atoms with van der Waals surface area (Å²) in [5.41, 5.74) is 6.73. The Kier molecular flexibility index (Phi) is 19.7. The van der Waals surface area contributed by atoms with E-state index in [4.69, 9.17) is 16.3 Å². The predicted octanol–water partition coefficient (Wildman–Crippen LogP) is 7.63. The molecule has 9 rings (SSSR count). The molecular formula is C57H77ClN8O5S2. The van der Waals surface area contributed by atoms with Crippen molar-refractivity contribution in [1.29, 1.82) is 0 Å². The minimum absolute atomic E-state index is 0.0471. The number of piperidine rings is 1. The normalized spacial score (nSPS) is 21.0. The van der Waals surface area contributed by atoms with Gasteiger partial charge in [0.1, 0.15) is 0 Å². The molecular weight excluding hydrogens is 976 g/mol. The molecule has 73 heavy (non-hydrogen) atoms. The molecule has 4 aliphatic heterocycles. The lowest BCUT2D eigenvalue weighted by Crippen LogP contribution is -2.50. The van der Waals surface area contributed by atoms with Crippen LogP contribution < -0.4 is 20.3 Å². The van der Waals surface area contributed by atoms with Crippen molar-refractivity contribution in [2.75, 3.05) is 134 Å². The number of thioether (sulfide) groups is 1. The first kappa shape index (κ1) is 53.8. The SMILES string of the molecule is O=C(NS(=O)(=O)c1ccc(NC(CCN2CCCOCC2)CSc2ccccc2)c(CO)c1)c1ccc(N2CCN(CC3=C(c4ccc(Cl)cc4)CC[C@@H](CN4CCN(CC5CCNCC5)CC4)C3)CC2)cc1. The first-order valence-electron chi connectivity index (χ1n) is 26.9. The van der Waals surface area contributed by atoms with E-state index in [1.54, 1.807) is 35.5 Å². The van der Waals surface area contributed by atoms with Crippen molar-refractivity contribution in [2.24, 2.45) is 11.8 Å². The quantitative estimate of drug-likeness (QED) is 0.0648. The summed E-state index contributed by atoms with van der Waals surface area (Å²) in [5, 5.41) is 18.4. The standard InChI is InChI=1S/C57H77ClN8O5S2/c58-50-12-8-46(9-13-50)55-17-7-45(40-64-28-26-63(27-29-64)39-44-19-22-59-23-20-44)37-48(55)41-65-30-32-66(33-31-65)52-14-10-47(11-15-52)57(68)61-73(69,70)54-16-18-56(49(38-54)42-67)60-51(43-72-53-5-2-1-3-6-53)21-25-62-24-4-35-71-36-34-62/h1-3,5-6,8-16,18,38,44-45,51,59-60,67H,4,7,17,19-37,39-43H2,(H,61,68)/t45-,51?/m1/s1. The first-order chi connectivity index (χ1) is 35.6. The molecule has 4 fully saturated rings. The molecule has 1 aliphatic carbocycles. The fourth-order valence-corrected chi connectivity index (χ4v) is 13.5. The van der Waals surface area contributed by atoms with E-state index >= 15 is 0 Å². The van der Waals surface area contributed by atoms with Gasteiger partial charge in [0.05, 0.1) is 18.1 Å². The Labute approximate surface area is 444 Å². The fraction of sp³-hybridized carbons (Fsp3) is 0.526. The van der Waals surface area contributed by atoms with Crippen molar-refractivity contribution >= 4 is 56.2 Å². The number of sulfonamides is 1. The average molecular weight is 1050 g/mol. The number of hydrogen-bond donors (Lipinski definition) is 4. The van der Waals surface area contributed by atoms with Crippen LogP contribution in [0.1, 0.15) is 66.4 Å². The van der Waals surface area contributed by atoms with E-state index in [0.717, 1.165) is 114 Å². The number of nitrogens with zero attached hydrogens (tertiary/aromatic N) is 5. The Morgan fingerprint density at radius 2 is 1.49 bits per heavy atom. The molecule has 0 aromatic heterocycles. The number of benzene rings is 4. The van der Waals surface area contributed by atoms with Gasteiger partial charge in [-0.25, -0.2) is 13.1 Å². The van der Waals surface area contributed by atoms with E-state index in [2.05, 4.69) is 64.1 Å². The summed E-state index contributed by atoms with van der Waals surface area (Å²) >= 11 is 8.11. The molecule has 0 bridgehead atoms. The second kappa shape index (κ2) is 26.7. The number of aliphatic hydroxyl groups is 1. The molecule has 4 aromatic carbocycles. The van der Waals surface area contributed by atoms with Crippen LogP contribution in [0.5, 0.6) is 0 Å². The number of piperazine rings is 2. The Morgan fingerprint density at radius 1 is 0.781 bits per heavy atom. The van der Waals surface area contributed by atoms with Gasteiger partial charge in [0, 0.05) is 142 Å². The summed E-state index contributed by atoms with van der Waals surface area (Å²) < 4.78 is 35.3. The van der Waals surface area contributed by atoms with E-state index in [1.807, 2.05) is 42.5 Å². The highest BCUT2D eigenvalue weighted by atomic mass is 35.5. The van der Waals surface area contributed by atoms with Gasteiger partial charge in [0.2, 0.25) is 0 Å². The number of carbonyl (C=O) groups excluding carboxylic acids is 1. The van der Waals surface area contributed by atoms with Crippen molar-refractivity contribution in [3.05, 3.63) is 124 Å². The first-order valence-corrected chi connectivity index (χ1v) is 29.7. The van der Waals surface area contributed by atoms with Crippen LogP contribution in [0.3, 0.4) is 0 Å². The number of allylic oxidation sites excluding steroid dienone is 1. The summed E-state index contributed by atoms with van der Waals surface area (Å²) in [6.45, 7) is 17.9. The number of carbonyl (C=O) groups is 1. The van der Waals surface area contributed by atoms with Crippen molar-refractivity contribution < 1.29 is 23.1 Å². The van der Waals surface area contributed by atoms with Gasteiger partial charge < -0.3 is 40.1 Å². The number of hydrogen-bond acceptors (Lipinski definition) is 13. The van der Waals surface area contributed by atoms with Crippen molar-refractivity contribution in [2.45, 2.75) is 67.4 Å². The van der Waals surface area contributed by atoms with E-state index in [9.17, 15) is 18.3 Å². The number of aliphatic hydroxyl groups excluding tert-OH is 1. The van der Waals surface area contributed by atoms with Gasteiger partial charge in [-0.2, -0.15) is 0 Å². The second-order valence-electron chi connectivity index (χ2n) is 20.8. The molecule has 0 spiro atoms. The Bertz CT molecular complexity index is 2510. The third-order valence-corrected chi connectivity index (χ3v) is 18.4. The van der Waals surface area contributed by atoms with Crippen LogP contribution in [0.25, 0.3) is 5.57 Å². The lowest BCUT2D eigenvalue weighted by atomic mass is 9.80. The zero-order valence-corrected chi connectivity index (χ0v) is 45.0. The highest BCUT2D eigenvalue weighted by molar-refractivity contribution is 7.99. The van der Waals surface area contributed by atoms with Crippen LogP contribution in [-0.2, 0) is 21.4 Å². The number of rotatable bonds is 20. The molecule has 13 nitrogen and oxygen atoms in total. The summed E-state index contributed by atoms with van der Waals surface area (Å²) in [5.74, 6) is 1.58. The minimum Gasteiger partial charge on any atom is -0.392 e. The third kappa shape index (κ3) is 15.6. The Balaban J connectivity index is 0.772. The van der Waals surface area contributed by atoms with E-state index in [1.165, 1.54) is 99.8 Å². The zero-order valence-electron chi connectivity index (χ0n) is 42.6. The molecule has 0 saturated carbocycles. The van der Waals surface area contributed by atoms with Crippen molar-refractivity contribution in [3.63, 3.8) is 0 Å². The minimum atomic E-state index is -4.24. The van der Waals surface area contributed by atoms with Crippen molar-refractivity contribution in [3.8, 4) is 0 Å². The van der Waals surface area contributed by atoms with Gasteiger partial charge in [-0.15, -0.1) is 11.8 Å². The smallest absolute Gasteiger partial charge is 0.264 e. The number of nitrogens with one attached hydrogen (secondary N) is 3. The van der Waals surface area contributed by atoms with Crippen LogP contribution in [-0.4, -0.2) is 169 Å². The van der Waals surface area contributed by atoms with Gasteiger partial charge >= 0.3 is 0 Å². The van der Waals surface area contributed by atoms with Crippen LogP contribution in [0.15, 0.2) is 112 Å². The zero-order chi connectivity index (χ0) is 50.4. The summed E-state index contributed by atoms with van der Waals surface area (Å²) in [7, 11) is -4.24. The maximum absolute atomic E-state index is 13.7. The number of anilines is 2. The molecule has 5 aliphatic rings.